The van der Waals surface area contributed by atoms with Gasteiger partial charge in [0.05, 0.1) is 19.6 Å². The lowest BCUT2D eigenvalue weighted by molar-refractivity contribution is -0.896. The average molecular weight is 256 g/mol. The van der Waals surface area contributed by atoms with E-state index in [1.807, 2.05) is 13.8 Å². The third-order valence-corrected chi connectivity index (χ3v) is 3.63. The van der Waals surface area contributed by atoms with Gasteiger partial charge in [0, 0.05) is 13.0 Å². The summed E-state index contributed by atoms with van der Waals surface area (Å²) in [6.45, 7) is 11.9. The van der Waals surface area contributed by atoms with E-state index in [2.05, 4.69) is 19.2 Å². The van der Waals surface area contributed by atoms with Crippen LogP contribution in [0.3, 0.4) is 0 Å². The number of hydrogen-bond acceptors (Lipinski definition) is 2. The molecule has 1 heterocycles. The first kappa shape index (κ1) is 15.0. The Morgan fingerprint density at radius 3 is 2.33 bits per heavy atom. The van der Waals surface area contributed by atoms with Gasteiger partial charge in [-0.05, 0) is 19.8 Å². The summed E-state index contributed by atoms with van der Waals surface area (Å²) in [5, 5.41) is 2.75. The molecule has 0 bridgehead atoms. The van der Waals surface area contributed by atoms with Gasteiger partial charge in [-0.1, -0.05) is 13.8 Å². The minimum atomic E-state index is -0.335. The van der Waals surface area contributed by atoms with Crippen molar-refractivity contribution in [1.82, 2.24) is 10.2 Å². The summed E-state index contributed by atoms with van der Waals surface area (Å²) in [6.07, 6.45) is 0.876. The quantitative estimate of drug-likeness (QED) is 0.624. The minimum absolute atomic E-state index is 0.0652. The van der Waals surface area contributed by atoms with Crippen molar-refractivity contribution in [2.75, 3.05) is 26.2 Å². The van der Waals surface area contributed by atoms with Crippen molar-refractivity contribution < 1.29 is 14.5 Å². The van der Waals surface area contributed by atoms with Crippen LogP contribution in [-0.2, 0) is 4.79 Å². The van der Waals surface area contributed by atoms with E-state index in [-0.39, 0.29) is 23.9 Å². The molecule has 0 spiro atoms. The van der Waals surface area contributed by atoms with Gasteiger partial charge < -0.3 is 10.2 Å². The van der Waals surface area contributed by atoms with E-state index >= 15 is 0 Å². The largest absolute Gasteiger partial charge is 0.335 e. The molecular weight excluding hydrogens is 230 g/mol. The van der Waals surface area contributed by atoms with Crippen LogP contribution in [0.5, 0.6) is 0 Å². The first-order chi connectivity index (χ1) is 8.51. The highest BCUT2D eigenvalue weighted by atomic mass is 16.2. The normalized spacial score (nSPS) is 20.1. The number of carbonyl (C=O) groups excluding carboxylic acids is 2. The number of imide groups is 1. The molecule has 0 unspecified atom stereocenters. The second-order valence-electron chi connectivity index (χ2n) is 5.22. The molecule has 1 fully saturated rings. The Balaban J connectivity index is 2.43. The maximum atomic E-state index is 12.0. The molecule has 1 aliphatic rings. The van der Waals surface area contributed by atoms with Crippen molar-refractivity contribution in [1.29, 1.82) is 0 Å². The maximum Gasteiger partial charge on any atom is 0.324 e. The molecule has 1 rings (SSSR count). The van der Waals surface area contributed by atoms with Crippen LogP contribution in [0.15, 0.2) is 0 Å². The van der Waals surface area contributed by atoms with Gasteiger partial charge in [-0.3, -0.25) is 9.69 Å². The van der Waals surface area contributed by atoms with E-state index in [1.165, 1.54) is 9.80 Å². The molecule has 18 heavy (non-hydrogen) atoms. The third-order valence-electron chi connectivity index (χ3n) is 3.63. The Hall–Kier alpha value is -1.10. The number of urea groups is 1. The molecule has 1 aliphatic heterocycles. The predicted octanol–water partition coefficient (Wildman–Crippen LogP) is -0.122. The van der Waals surface area contributed by atoms with Crippen molar-refractivity contribution in [2.45, 2.75) is 40.2 Å². The molecule has 1 saturated heterocycles. The van der Waals surface area contributed by atoms with Crippen molar-refractivity contribution in [3.8, 4) is 0 Å². The van der Waals surface area contributed by atoms with Gasteiger partial charge in [0.15, 0.2) is 0 Å². The number of quaternary nitrogens is 1. The van der Waals surface area contributed by atoms with Crippen molar-refractivity contribution in [3.63, 3.8) is 0 Å². The molecular formula is C13H26N3O2+. The average Bonchev–Trinajstić information content (AvgIpc) is 2.62. The van der Waals surface area contributed by atoms with E-state index in [0.717, 1.165) is 26.1 Å². The lowest BCUT2D eigenvalue weighted by atomic mass is 10.1. The highest BCUT2D eigenvalue weighted by molar-refractivity contribution is 6.04. The summed E-state index contributed by atoms with van der Waals surface area (Å²) in [7, 11) is 0. The lowest BCUT2D eigenvalue weighted by Gasteiger charge is -2.18. The summed E-state index contributed by atoms with van der Waals surface area (Å²) in [5.41, 5.74) is 0. The molecule has 2 N–H and O–H groups in total. The molecule has 0 aromatic heterocycles. The monoisotopic (exact) mass is 256 g/mol. The van der Waals surface area contributed by atoms with Crippen LogP contribution in [0.4, 0.5) is 4.79 Å². The molecule has 0 radical (unpaired) electrons. The van der Waals surface area contributed by atoms with Crippen LogP contribution >= 0.6 is 0 Å². The van der Waals surface area contributed by atoms with Crippen LogP contribution in [0.2, 0.25) is 0 Å². The zero-order chi connectivity index (χ0) is 13.7. The van der Waals surface area contributed by atoms with Gasteiger partial charge in [0.2, 0.25) is 0 Å². The Kier molecular flexibility index (Phi) is 5.59. The number of nitrogens with one attached hydrogen (secondary N) is 2. The molecule has 0 aromatic rings. The fraction of sp³-hybridized carbons (Fsp3) is 0.846. The van der Waals surface area contributed by atoms with E-state index < -0.39 is 0 Å². The fourth-order valence-corrected chi connectivity index (χ4v) is 2.29. The Bertz CT molecular complexity index is 301. The molecule has 0 aromatic carbocycles. The van der Waals surface area contributed by atoms with Crippen LogP contribution in [0.1, 0.15) is 34.1 Å². The summed E-state index contributed by atoms with van der Waals surface area (Å²) in [4.78, 5) is 26.6. The van der Waals surface area contributed by atoms with Crippen LogP contribution < -0.4 is 10.2 Å². The number of hydrogen-bond donors (Lipinski definition) is 2. The topological polar surface area (TPSA) is 53.9 Å². The van der Waals surface area contributed by atoms with Crippen LogP contribution in [-0.4, -0.2) is 49.1 Å². The van der Waals surface area contributed by atoms with Crippen molar-refractivity contribution in [2.24, 2.45) is 5.92 Å². The summed E-state index contributed by atoms with van der Waals surface area (Å²) in [6, 6.07) is -0.563. The first-order valence-electron chi connectivity index (χ1n) is 6.96. The molecule has 104 valence electrons. The lowest BCUT2D eigenvalue weighted by Crippen LogP contribution is -3.11. The zero-order valence-electron chi connectivity index (χ0n) is 12.0. The zero-order valence-corrected chi connectivity index (χ0v) is 12.0. The molecule has 0 saturated carbocycles. The fourth-order valence-electron chi connectivity index (χ4n) is 2.29. The number of rotatable bonds is 7. The molecule has 5 heteroatoms. The molecule has 5 nitrogen and oxygen atoms in total. The highest BCUT2D eigenvalue weighted by Gasteiger charge is 2.39. The number of carbonyl (C=O) groups is 2. The van der Waals surface area contributed by atoms with Crippen molar-refractivity contribution in [3.05, 3.63) is 0 Å². The first-order valence-corrected chi connectivity index (χ1v) is 6.96. The molecule has 3 amide bonds. The third kappa shape index (κ3) is 3.45. The summed E-state index contributed by atoms with van der Waals surface area (Å²) >= 11 is 0. The highest BCUT2D eigenvalue weighted by Crippen LogP contribution is 2.13. The second kappa shape index (κ2) is 6.73. The van der Waals surface area contributed by atoms with E-state index in [1.54, 1.807) is 0 Å². The van der Waals surface area contributed by atoms with Gasteiger partial charge in [0.1, 0.15) is 6.04 Å². The Morgan fingerprint density at radius 2 is 1.89 bits per heavy atom. The van der Waals surface area contributed by atoms with E-state index in [0.29, 0.717) is 6.54 Å². The van der Waals surface area contributed by atoms with Gasteiger partial charge in [-0.2, -0.15) is 0 Å². The van der Waals surface area contributed by atoms with Gasteiger partial charge in [-0.15, -0.1) is 0 Å². The van der Waals surface area contributed by atoms with E-state index in [4.69, 9.17) is 0 Å². The Morgan fingerprint density at radius 1 is 1.28 bits per heavy atom. The van der Waals surface area contributed by atoms with E-state index in [9.17, 15) is 9.59 Å². The number of amides is 3. The van der Waals surface area contributed by atoms with Gasteiger partial charge in [-0.25, -0.2) is 4.79 Å². The smallest absolute Gasteiger partial charge is 0.324 e. The van der Waals surface area contributed by atoms with Crippen molar-refractivity contribution >= 4 is 11.9 Å². The van der Waals surface area contributed by atoms with Gasteiger partial charge in [0.25, 0.3) is 5.91 Å². The summed E-state index contributed by atoms with van der Waals surface area (Å²) in [5.74, 6) is 0.0874. The SMILES string of the molecule is CC[NH+](CC)CCCN1C(=O)N[C@@H](C(C)C)C1=O. The molecule has 0 aliphatic carbocycles. The predicted molar refractivity (Wildman–Crippen MR) is 70.4 cm³/mol. The van der Waals surface area contributed by atoms with Crippen LogP contribution in [0, 0.1) is 5.92 Å². The summed E-state index contributed by atoms with van der Waals surface area (Å²) < 4.78 is 0. The Labute approximate surface area is 110 Å². The minimum Gasteiger partial charge on any atom is -0.335 e. The van der Waals surface area contributed by atoms with Crippen LogP contribution in [0.25, 0.3) is 0 Å². The van der Waals surface area contributed by atoms with Gasteiger partial charge >= 0.3 is 6.03 Å². The standard InChI is InChI=1S/C13H25N3O2/c1-5-15(6-2)8-7-9-16-12(17)11(10(3)4)14-13(16)18/h10-11H,5-9H2,1-4H3,(H,14,18)/p+1/t11-/m0/s1. The number of nitrogens with zero attached hydrogens (tertiary/aromatic N) is 1. The second-order valence-corrected chi connectivity index (χ2v) is 5.22. The maximum absolute atomic E-state index is 12.0. The molecule has 1 atom stereocenters.